The van der Waals surface area contributed by atoms with E-state index in [4.69, 9.17) is 4.74 Å². The van der Waals surface area contributed by atoms with Gasteiger partial charge in [0.15, 0.2) is 6.61 Å². The number of carbonyl (C=O) groups excluding carboxylic acids is 1. The van der Waals surface area contributed by atoms with Crippen LogP contribution in [0.25, 0.3) is 10.8 Å². The molecule has 0 aliphatic heterocycles. The fraction of sp³-hybridized carbons (Fsp3) is 0.261. The van der Waals surface area contributed by atoms with Gasteiger partial charge in [-0.15, -0.1) is 0 Å². The molecule has 27 heavy (non-hydrogen) atoms. The lowest BCUT2D eigenvalue weighted by Crippen LogP contribution is -2.31. The van der Waals surface area contributed by atoms with Gasteiger partial charge in [0.2, 0.25) is 0 Å². The third-order valence-electron chi connectivity index (χ3n) is 4.91. The van der Waals surface area contributed by atoms with Crippen LogP contribution in [0.2, 0.25) is 0 Å². The maximum Gasteiger partial charge on any atom is 0.258 e. The van der Waals surface area contributed by atoms with Crippen molar-refractivity contribution in [2.24, 2.45) is 0 Å². The maximum atomic E-state index is 12.4. The van der Waals surface area contributed by atoms with Gasteiger partial charge in [-0.25, -0.2) is 0 Å². The molecule has 0 radical (unpaired) electrons. The minimum Gasteiger partial charge on any atom is -0.483 e. The van der Waals surface area contributed by atoms with E-state index < -0.39 is 0 Å². The van der Waals surface area contributed by atoms with E-state index in [0.717, 1.165) is 20.8 Å². The molecule has 0 bridgehead atoms. The van der Waals surface area contributed by atoms with Gasteiger partial charge in [0.25, 0.3) is 5.91 Å². The van der Waals surface area contributed by atoms with Gasteiger partial charge in [-0.3, -0.25) is 4.79 Å². The summed E-state index contributed by atoms with van der Waals surface area (Å²) in [6.07, 6.45) is 0. The van der Waals surface area contributed by atoms with Crippen LogP contribution in [0, 0.1) is 20.8 Å². The van der Waals surface area contributed by atoms with Crippen molar-refractivity contribution in [3.63, 3.8) is 0 Å². The molecule has 0 saturated heterocycles. The molecule has 0 aromatic heterocycles. The van der Waals surface area contributed by atoms with Crippen molar-refractivity contribution < 1.29 is 9.53 Å². The van der Waals surface area contributed by atoms with Crippen LogP contribution in [0.3, 0.4) is 0 Å². The van der Waals surface area contributed by atoms with E-state index in [1.807, 2.05) is 43.3 Å². The number of hydrogen-bond acceptors (Lipinski definition) is 2. The lowest BCUT2D eigenvalue weighted by molar-refractivity contribution is -0.123. The SMILES string of the molecule is Cc1cc(C)c([C@H](C)NC(=O)COc2ccc3ccccc3c2Br)cc1C. The molecular weight excluding hydrogens is 402 g/mol. The first-order chi connectivity index (χ1) is 12.9. The molecule has 0 aliphatic rings. The molecule has 140 valence electrons. The number of nitrogens with one attached hydrogen (secondary N) is 1. The Hall–Kier alpha value is -2.33. The zero-order valence-electron chi connectivity index (χ0n) is 16.1. The van der Waals surface area contributed by atoms with Crippen LogP contribution in [0.4, 0.5) is 0 Å². The zero-order chi connectivity index (χ0) is 19.6. The van der Waals surface area contributed by atoms with Gasteiger partial charge in [-0.2, -0.15) is 0 Å². The third kappa shape index (κ3) is 4.33. The highest BCUT2D eigenvalue weighted by Gasteiger charge is 2.14. The number of halogens is 1. The molecule has 1 atom stereocenters. The Bertz CT molecular complexity index is 997. The summed E-state index contributed by atoms with van der Waals surface area (Å²) in [4.78, 5) is 12.4. The normalized spacial score (nSPS) is 12.0. The lowest BCUT2D eigenvalue weighted by Gasteiger charge is -2.19. The second-order valence-corrected chi connectivity index (χ2v) is 7.76. The van der Waals surface area contributed by atoms with E-state index in [1.54, 1.807) is 0 Å². The van der Waals surface area contributed by atoms with Crippen LogP contribution in [0.5, 0.6) is 5.75 Å². The lowest BCUT2D eigenvalue weighted by atomic mass is 9.96. The van der Waals surface area contributed by atoms with Gasteiger partial charge in [0, 0.05) is 0 Å². The van der Waals surface area contributed by atoms with Crippen molar-refractivity contribution in [2.45, 2.75) is 33.7 Å². The molecule has 0 saturated carbocycles. The van der Waals surface area contributed by atoms with Crippen molar-refractivity contribution >= 4 is 32.6 Å². The molecule has 0 spiro atoms. The van der Waals surface area contributed by atoms with E-state index in [0.29, 0.717) is 5.75 Å². The minimum absolute atomic E-state index is 0.0226. The molecule has 3 nitrogen and oxygen atoms in total. The summed E-state index contributed by atoms with van der Waals surface area (Å²) in [5.41, 5.74) is 4.81. The summed E-state index contributed by atoms with van der Waals surface area (Å²) in [7, 11) is 0. The Morgan fingerprint density at radius 1 is 1.04 bits per heavy atom. The number of carbonyl (C=O) groups is 1. The summed E-state index contributed by atoms with van der Waals surface area (Å²) in [5, 5.41) is 5.22. The Kier molecular flexibility index (Phi) is 5.85. The summed E-state index contributed by atoms with van der Waals surface area (Å²) < 4.78 is 6.62. The molecule has 4 heteroatoms. The number of benzene rings is 3. The average molecular weight is 426 g/mol. The van der Waals surface area contributed by atoms with Gasteiger partial charge < -0.3 is 10.1 Å². The van der Waals surface area contributed by atoms with Crippen molar-refractivity contribution in [1.82, 2.24) is 5.32 Å². The molecule has 3 rings (SSSR count). The Morgan fingerprint density at radius 2 is 1.74 bits per heavy atom. The van der Waals surface area contributed by atoms with Crippen molar-refractivity contribution in [2.75, 3.05) is 6.61 Å². The smallest absolute Gasteiger partial charge is 0.258 e. The summed E-state index contributed by atoms with van der Waals surface area (Å²) in [6, 6.07) is 16.2. The van der Waals surface area contributed by atoms with E-state index in [1.165, 1.54) is 16.7 Å². The van der Waals surface area contributed by atoms with Crippen molar-refractivity contribution in [3.8, 4) is 5.75 Å². The highest BCUT2D eigenvalue weighted by atomic mass is 79.9. The van der Waals surface area contributed by atoms with Crippen LogP contribution in [-0.4, -0.2) is 12.5 Å². The average Bonchev–Trinajstić information content (AvgIpc) is 2.64. The van der Waals surface area contributed by atoms with Gasteiger partial charge in [0.05, 0.1) is 10.5 Å². The van der Waals surface area contributed by atoms with E-state index in [-0.39, 0.29) is 18.6 Å². The molecule has 0 heterocycles. The largest absolute Gasteiger partial charge is 0.483 e. The fourth-order valence-corrected chi connectivity index (χ4v) is 3.89. The Labute approximate surface area is 168 Å². The molecular formula is C23H24BrNO2. The Balaban J connectivity index is 1.66. The van der Waals surface area contributed by atoms with Crippen LogP contribution >= 0.6 is 15.9 Å². The summed E-state index contributed by atoms with van der Waals surface area (Å²) >= 11 is 3.59. The highest BCUT2D eigenvalue weighted by molar-refractivity contribution is 9.10. The van der Waals surface area contributed by atoms with E-state index in [9.17, 15) is 4.79 Å². The number of fused-ring (bicyclic) bond motifs is 1. The molecule has 3 aromatic carbocycles. The number of ether oxygens (including phenoxy) is 1. The van der Waals surface area contributed by atoms with Crippen LogP contribution in [0.15, 0.2) is 53.0 Å². The minimum atomic E-state index is -0.139. The first kappa shape index (κ1) is 19.4. The highest BCUT2D eigenvalue weighted by Crippen LogP contribution is 2.33. The van der Waals surface area contributed by atoms with Gasteiger partial charge in [-0.05, 0) is 82.7 Å². The molecule has 0 unspecified atom stereocenters. The predicted molar refractivity (Wildman–Crippen MR) is 114 cm³/mol. The molecule has 1 amide bonds. The van der Waals surface area contributed by atoms with Crippen molar-refractivity contribution in [1.29, 1.82) is 0 Å². The molecule has 0 fully saturated rings. The van der Waals surface area contributed by atoms with Crippen molar-refractivity contribution in [3.05, 3.63) is 75.3 Å². The summed E-state index contributed by atoms with van der Waals surface area (Å²) in [5.74, 6) is 0.527. The summed E-state index contributed by atoms with van der Waals surface area (Å²) in [6.45, 7) is 8.25. The number of rotatable bonds is 5. The third-order valence-corrected chi connectivity index (χ3v) is 5.73. The van der Waals surface area contributed by atoms with Gasteiger partial charge in [-0.1, -0.05) is 42.5 Å². The number of amides is 1. The first-order valence-corrected chi connectivity index (χ1v) is 9.83. The predicted octanol–water partition coefficient (Wildman–Crippen LogP) is 5.78. The quantitative estimate of drug-likeness (QED) is 0.561. The zero-order valence-corrected chi connectivity index (χ0v) is 17.7. The van der Waals surface area contributed by atoms with Crippen LogP contribution in [-0.2, 0) is 4.79 Å². The van der Waals surface area contributed by atoms with Crippen LogP contribution < -0.4 is 10.1 Å². The first-order valence-electron chi connectivity index (χ1n) is 9.04. The molecule has 1 N–H and O–H groups in total. The fourth-order valence-electron chi connectivity index (χ4n) is 3.28. The topological polar surface area (TPSA) is 38.3 Å². The second kappa shape index (κ2) is 8.13. The maximum absolute atomic E-state index is 12.4. The second-order valence-electron chi connectivity index (χ2n) is 6.97. The molecule has 0 aliphatic carbocycles. The molecule has 3 aromatic rings. The van der Waals surface area contributed by atoms with E-state index in [2.05, 4.69) is 54.2 Å². The Morgan fingerprint density at radius 3 is 2.52 bits per heavy atom. The van der Waals surface area contributed by atoms with Crippen LogP contribution in [0.1, 0.15) is 35.2 Å². The number of aryl methyl sites for hydroxylation is 3. The van der Waals surface area contributed by atoms with Gasteiger partial charge >= 0.3 is 0 Å². The monoisotopic (exact) mass is 425 g/mol. The number of hydrogen-bond donors (Lipinski definition) is 1. The standard InChI is InChI=1S/C23H24BrNO2/c1-14-11-16(3)20(12-15(14)2)17(4)25-22(26)13-27-21-10-9-18-7-5-6-8-19(18)23(21)24/h5-12,17H,13H2,1-4H3,(H,25,26)/t17-/m0/s1. The van der Waals surface area contributed by atoms with E-state index >= 15 is 0 Å². The van der Waals surface area contributed by atoms with Gasteiger partial charge in [0.1, 0.15) is 5.75 Å².